The van der Waals surface area contributed by atoms with E-state index in [2.05, 4.69) is 27.9 Å². The monoisotopic (exact) mass is 288 g/mol. The molecule has 5 heteroatoms. The molecule has 1 aromatic rings. The normalized spacial score (nSPS) is 24.6. The van der Waals surface area contributed by atoms with Crippen LogP contribution < -0.4 is 4.90 Å². The lowest BCUT2D eigenvalue weighted by Crippen LogP contribution is -2.41. The van der Waals surface area contributed by atoms with Gasteiger partial charge in [0.2, 0.25) is 0 Å². The molecular formula is C15H17ClN4. The van der Waals surface area contributed by atoms with E-state index in [1.165, 1.54) is 5.57 Å². The number of anilines is 1. The summed E-state index contributed by atoms with van der Waals surface area (Å²) in [6, 6.07) is 3.00. The number of nitrogens with zero attached hydrogens (tertiary/aromatic N) is 4. The number of hydrogen-bond acceptors (Lipinski definition) is 4. The van der Waals surface area contributed by atoms with Crippen molar-refractivity contribution in [3.63, 3.8) is 0 Å². The van der Waals surface area contributed by atoms with Crippen LogP contribution in [0.25, 0.3) is 0 Å². The van der Waals surface area contributed by atoms with E-state index in [-0.39, 0.29) is 0 Å². The van der Waals surface area contributed by atoms with Crippen molar-refractivity contribution in [2.24, 2.45) is 0 Å². The molecule has 2 saturated heterocycles. The molecule has 2 fully saturated rings. The fraction of sp³-hybridized carbons (Fsp3) is 0.533. The molecule has 0 saturated carbocycles. The van der Waals surface area contributed by atoms with Crippen molar-refractivity contribution in [2.45, 2.75) is 51.1 Å². The van der Waals surface area contributed by atoms with Crippen LogP contribution >= 0.6 is 11.6 Å². The van der Waals surface area contributed by atoms with Gasteiger partial charge < -0.3 is 4.90 Å². The Morgan fingerprint density at radius 1 is 1.40 bits per heavy atom. The number of rotatable bonds is 2. The van der Waals surface area contributed by atoms with E-state index in [4.69, 9.17) is 16.9 Å². The highest BCUT2D eigenvalue weighted by molar-refractivity contribution is 6.33. The van der Waals surface area contributed by atoms with Crippen LogP contribution in [-0.2, 0) is 6.42 Å². The Kier molecular flexibility index (Phi) is 3.62. The van der Waals surface area contributed by atoms with Crippen molar-refractivity contribution in [3.8, 4) is 6.07 Å². The molecule has 0 N–H and O–H groups in total. The van der Waals surface area contributed by atoms with Gasteiger partial charge in [-0.3, -0.25) is 0 Å². The molecule has 0 aliphatic carbocycles. The molecule has 4 nitrogen and oxygen atoms in total. The Balaban J connectivity index is 1.94. The average molecular weight is 289 g/mol. The summed E-state index contributed by atoms with van der Waals surface area (Å²) in [5, 5.41) is 9.52. The van der Waals surface area contributed by atoms with Crippen molar-refractivity contribution < 1.29 is 0 Å². The second kappa shape index (κ2) is 5.41. The standard InChI is InChI=1S/C15H17ClN4/c1-2-13-14(16)15(19-9-18-13)20-11-3-4-12(20)8-10(7-11)5-6-17/h5,9,11-12H,2-4,7-8H2,1H3/t11-,12-/m0/s1. The molecule has 0 radical (unpaired) electrons. The lowest BCUT2D eigenvalue weighted by atomic mass is 9.96. The van der Waals surface area contributed by atoms with Crippen LogP contribution in [-0.4, -0.2) is 22.1 Å². The van der Waals surface area contributed by atoms with Crippen molar-refractivity contribution in [2.75, 3.05) is 4.90 Å². The smallest absolute Gasteiger partial charge is 0.151 e. The van der Waals surface area contributed by atoms with E-state index >= 15 is 0 Å². The lowest BCUT2D eigenvalue weighted by molar-refractivity contribution is 0.544. The van der Waals surface area contributed by atoms with Gasteiger partial charge in [0, 0.05) is 18.2 Å². The third kappa shape index (κ3) is 2.16. The van der Waals surface area contributed by atoms with E-state index in [9.17, 15) is 0 Å². The van der Waals surface area contributed by atoms with Gasteiger partial charge in [-0.2, -0.15) is 5.26 Å². The molecular weight excluding hydrogens is 272 g/mol. The first-order chi connectivity index (χ1) is 9.74. The van der Waals surface area contributed by atoms with Gasteiger partial charge >= 0.3 is 0 Å². The average Bonchev–Trinajstić information content (AvgIpc) is 2.71. The molecule has 0 unspecified atom stereocenters. The molecule has 0 amide bonds. The predicted molar refractivity (Wildman–Crippen MR) is 78.6 cm³/mol. The molecule has 1 aromatic heterocycles. The summed E-state index contributed by atoms with van der Waals surface area (Å²) in [6.07, 6.45) is 8.33. The van der Waals surface area contributed by atoms with Crippen molar-refractivity contribution >= 4 is 17.4 Å². The summed E-state index contributed by atoms with van der Waals surface area (Å²) in [5.74, 6) is 0.877. The minimum Gasteiger partial charge on any atom is -0.349 e. The highest BCUT2D eigenvalue weighted by Gasteiger charge is 2.40. The predicted octanol–water partition coefficient (Wildman–Crippen LogP) is 3.27. The van der Waals surface area contributed by atoms with Gasteiger partial charge in [0.05, 0.1) is 11.8 Å². The largest absolute Gasteiger partial charge is 0.349 e. The fourth-order valence-electron chi connectivity index (χ4n) is 3.43. The van der Waals surface area contributed by atoms with E-state index in [1.54, 1.807) is 12.4 Å². The summed E-state index contributed by atoms with van der Waals surface area (Å²) < 4.78 is 0. The molecule has 0 spiro atoms. The zero-order valence-electron chi connectivity index (χ0n) is 11.5. The van der Waals surface area contributed by atoms with Crippen LogP contribution in [0.4, 0.5) is 5.82 Å². The quantitative estimate of drug-likeness (QED) is 0.784. The molecule has 20 heavy (non-hydrogen) atoms. The molecule has 104 valence electrons. The van der Waals surface area contributed by atoms with E-state index < -0.39 is 0 Å². The van der Waals surface area contributed by atoms with Crippen molar-refractivity contribution in [3.05, 3.63) is 28.7 Å². The Labute approximate surface area is 124 Å². The number of fused-ring (bicyclic) bond motifs is 2. The highest BCUT2D eigenvalue weighted by atomic mass is 35.5. The number of halogens is 1. The maximum absolute atomic E-state index is 8.83. The van der Waals surface area contributed by atoms with E-state index in [1.807, 2.05) is 0 Å². The van der Waals surface area contributed by atoms with Crippen LogP contribution in [0.15, 0.2) is 18.0 Å². The van der Waals surface area contributed by atoms with Crippen LogP contribution in [0, 0.1) is 11.3 Å². The second-order valence-corrected chi connectivity index (χ2v) is 5.82. The zero-order chi connectivity index (χ0) is 14.1. The van der Waals surface area contributed by atoms with Crippen molar-refractivity contribution in [1.82, 2.24) is 9.97 Å². The van der Waals surface area contributed by atoms with Gasteiger partial charge in [0.15, 0.2) is 5.82 Å². The van der Waals surface area contributed by atoms with Crippen LogP contribution in [0.5, 0.6) is 0 Å². The summed E-state index contributed by atoms with van der Waals surface area (Å²) >= 11 is 6.46. The van der Waals surface area contributed by atoms with Gasteiger partial charge in [-0.05, 0) is 32.1 Å². The summed E-state index contributed by atoms with van der Waals surface area (Å²) in [6.45, 7) is 2.05. The number of allylic oxidation sites excluding steroid dienone is 1. The molecule has 2 aliphatic rings. The Morgan fingerprint density at radius 3 is 2.70 bits per heavy atom. The lowest BCUT2D eigenvalue weighted by Gasteiger charge is -2.37. The molecule has 2 bridgehead atoms. The third-order valence-corrected chi connectivity index (χ3v) is 4.69. The van der Waals surface area contributed by atoms with E-state index in [0.717, 1.165) is 43.6 Å². The van der Waals surface area contributed by atoms with Crippen LogP contribution in [0.1, 0.15) is 38.3 Å². The summed E-state index contributed by atoms with van der Waals surface area (Å²) in [7, 11) is 0. The highest BCUT2D eigenvalue weighted by Crippen LogP contribution is 2.43. The Morgan fingerprint density at radius 2 is 2.10 bits per heavy atom. The first-order valence-corrected chi connectivity index (χ1v) is 7.47. The fourth-order valence-corrected chi connectivity index (χ4v) is 3.76. The SMILES string of the molecule is CCc1ncnc(N2[C@H]3CC[C@H]2CC(=CC#N)C3)c1Cl. The molecule has 2 aliphatic heterocycles. The number of nitriles is 1. The second-order valence-electron chi connectivity index (χ2n) is 5.44. The summed E-state index contributed by atoms with van der Waals surface area (Å²) in [4.78, 5) is 11.0. The van der Waals surface area contributed by atoms with Gasteiger partial charge in [0.25, 0.3) is 0 Å². The van der Waals surface area contributed by atoms with Gasteiger partial charge in [-0.15, -0.1) is 0 Å². The number of hydrogen-bond donors (Lipinski definition) is 0. The van der Waals surface area contributed by atoms with Gasteiger partial charge in [-0.1, -0.05) is 24.1 Å². The molecule has 3 rings (SSSR count). The minimum absolute atomic E-state index is 0.422. The summed E-state index contributed by atoms with van der Waals surface area (Å²) in [5.41, 5.74) is 2.17. The topological polar surface area (TPSA) is 52.8 Å². The van der Waals surface area contributed by atoms with Crippen LogP contribution in [0.3, 0.4) is 0 Å². The number of aromatic nitrogens is 2. The van der Waals surface area contributed by atoms with E-state index in [0.29, 0.717) is 17.1 Å². The first kappa shape index (κ1) is 13.4. The van der Waals surface area contributed by atoms with Gasteiger partial charge in [0.1, 0.15) is 11.3 Å². The molecule has 2 atom stereocenters. The first-order valence-electron chi connectivity index (χ1n) is 7.09. The Hall–Kier alpha value is -1.60. The van der Waals surface area contributed by atoms with Gasteiger partial charge in [-0.25, -0.2) is 9.97 Å². The molecule has 0 aromatic carbocycles. The number of aryl methyl sites for hydroxylation is 1. The maximum Gasteiger partial charge on any atom is 0.151 e. The third-order valence-electron chi connectivity index (χ3n) is 4.31. The zero-order valence-corrected chi connectivity index (χ0v) is 12.3. The number of piperidine rings is 1. The minimum atomic E-state index is 0.422. The van der Waals surface area contributed by atoms with Crippen molar-refractivity contribution in [1.29, 1.82) is 5.26 Å². The molecule has 3 heterocycles. The van der Waals surface area contributed by atoms with Crippen LogP contribution in [0.2, 0.25) is 5.02 Å². The Bertz CT molecular complexity index is 574. The maximum atomic E-state index is 8.83.